The van der Waals surface area contributed by atoms with E-state index in [0.29, 0.717) is 17.9 Å². The van der Waals surface area contributed by atoms with E-state index in [9.17, 15) is 4.79 Å². The summed E-state index contributed by atoms with van der Waals surface area (Å²) in [5.41, 5.74) is 2.21. The van der Waals surface area contributed by atoms with E-state index in [1.165, 1.54) is 0 Å². The highest BCUT2D eigenvalue weighted by atomic mass is 35.5. The van der Waals surface area contributed by atoms with Crippen LogP contribution in [0.4, 0.5) is 5.69 Å². The average Bonchev–Trinajstić information content (AvgIpc) is 3.20. The third-order valence-corrected chi connectivity index (χ3v) is 4.57. The van der Waals surface area contributed by atoms with Gasteiger partial charge in [-0.1, -0.05) is 18.2 Å². The third kappa shape index (κ3) is 3.43. The lowest BCUT2D eigenvalue weighted by molar-refractivity contribution is -0.116. The number of carbonyl (C=O) groups is 1. The SMILES string of the molecule is COc1cc2c(cc1NC(=O)CC1CCCN1)oc1ccccc12.Cl. The maximum atomic E-state index is 12.3. The molecule has 3 aromatic rings. The molecule has 132 valence electrons. The topological polar surface area (TPSA) is 63.5 Å². The molecule has 25 heavy (non-hydrogen) atoms. The van der Waals surface area contributed by atoms with Crippen LogP contribution in [0.3, 0.4) is 0 Å². The van der Waals surface area contributed by atoms with Crippen molar-refractivity contribution in [2.45, 2.75) is 25.3 Å². The van der Waals surface area contributed by atoms with E-state index >= 15 is 0 Å². The minimum absolute atomic E-state index is 0. The summed E-state index contributed by atoms with van der Waals surface area (Å²) in [6.07, 6.45) is 2.65. The number of hydrogen-bond acceptors (Lipinski definition) is 4. The van der Waals surface area contributed by atoms with Crippen LogP contribution in [0.1, 0.15) is 19.3 Å². The molecule has 4 rings (SSSR count). The first kappa shape index (κ1) is 17.6. The highest BCUT2D eigenvalue weighted by Gasteiger charge is 2.19. The molecule has 2 aromatic carbocycles. The molecule has 0 saturated carbocycles. The highest BCUT2D eigenvalue weighted by Crippen LogP contribution is 2.36. The Morgan fingerprint density at radius 2 is 2.12 bits per heavy atom. The molecule has 1 aromatic heterocycles. The van der Waals surface area contributed by atoms with Gasteiger partial charge in [0.2, 0.25) is 5.91 Å². The first-order chi connectivity index (χ1) is 11.7. The molecule has 6 heteroatoms. The summed E-state index contributed by atoms with van der Waals surface area (Å²) in [7, 11) is 1.61. The van der Waals surface area contributed by atoms with E-state index in [-0.39, 0.29) is 24.4 Å². The number of furan rings is 1. The predicted molar refractivity (Wildman–Crippen MR) is 102 cm³/mol. The van der Waals surface area contributed by atoms with E-state index in [0.717, 1.165) is 41.3 Å². The van der Waals surface area contributed by atoms with Crippen molar-refractivity contribution < 1.29 is 13.9 Å². The van der Waals surface area contributed by atoms with Gasteiger partial charge in [-0.15, -0.1) is 12.4 Å². The van der Waals surface area contributed by atoms with Crippen molar-refractivity contribution in [3.8, 4) is 5.75 Å². The summed E-state index contributed by atoms with van der Waals surface area (Å²) >= 11 is 0. The molecule has 1 aliphatic heterocycles. The smallest absolute Gasteiger partial charge is 0.226 e. The number of para-hydroxylation sites is 1. The van der Waals surface area contributed by atoms with Crippen LogP contribution in [0.25, 0.3) is 21.9 Å². The Balaban J connectivity index is 0.00000182. The van der Waals surface area contributed by atoms with Crippen molar-refractivity contribution in [1.29, 1.82) is 0 Å². The van der Waals surface area contributed by atoms with Gasteiger partial charge < -0.3 is 19.8 Å². The summed E-state index contributed by atoms with van der Waals surface area (Å²) in [4.78, 5) is 12.3. The van der Waals surface area contributed by atoms with Gasteiger partial charge >= 0.3 is 0 Å². The van der Waals surface area contributed by atoms with Crippen LogP contribution in [0, 0.1) is 0 Å². The molecule has 5 nitrogen and oxygen atoms in total. The summed E-state index contributed by atoms with van der Waals surface area (Å²) in [5, 5.41) is 8.32. The lowest BCUT2D eigenvalue weighted by atomic mass is 10.1. The van der Waals surface area contributed by atoms with Crippen molar-refractivity contribution in [3.63, 3.8) is 0 Å². The summed E-state index contributed by atoms with van der Waals surface area (Å²) in [6, 6.07) is 11.9. The number of ether oxygens (including phenoxy) is 1. The zero-order chi connectivity index (χ0) is 16.5. The van der Waals surface area contributed by atoms with Crippen LogP contribution in [0.15, 0.2) is 40.8 Å². The Bertz CT molecular complexity index is 900. The molecule has 1 fully saturated rings. The number of methoxy groups -OCH3 is 1. The lowest BCUT2D eigenvalue weighted by Crippen LogP contribution is -2.27. The van der Waals surface area contributed by atoms with E-state index in [4.69, 9.17) is 9.15 Å². The van der Waals surface area contributed by atoms with Crippen molar-refractivity contribution >= 4 is 45.9 Å². The van der Waals surface area contributed by atoms with Crippen LogP contribution in [-0.4, -0.2) is 25.6 Å². The molecule has 1 unspecified atom stereocenters. The molecule has 0 spiro atoms. The fourth-order valence-corrected chi connectivity index (χ4v) is 3.37. The number of halogens is 1. The number of nitrogens with one attached hydrogen (secondary N) is 2. The molecule has 1 saturated heterocycles. The molecule has 0 radical (unpaired) electrons. The summed E-state index contributed by atoms with van der Waals surface area (Å²) < 4.78 is 11.4. The summed E-state index contributed by atoms with van der Waals surface area (Å²) in [6.45, 7) is 0.992. The number of carbonyl (C=O) groups excluding carboxylic acids is 1. The second-order valence-electron chi connectivity index (χ2n) is 6.19. The number of benzene rings is 2. The van der Waals surface area contributed by atoms with Crippen LogP contribution in [0.2, 0.25) is 0 Å². The molecule has 2 N–H and O–H groups in total. The van der Waals surface area contributed by atoms with Crippen molar-refractivity contribution in [3.05, 3.63) is 36.4 Å². The standard InChI is InChI=1S/C19H20N2O3.ClH/c1-23-18-10-14-13-6-2-3-7-16(13)24-17(14)11-15(18)21-19(22)9-12-5-4-8-20-12;/h2-3,6-7,10-12,20H,4-5,8-9H2,1H3,(H,21,22);1H. The first-order valence-corrected chi connectivity index (χ1v) is 8.27. The average molecular weight is 361 g/mol. The molecule has 1 aliphatic rings. The predicted octanol–water partition coefficient (Wildman–Crippen LogP) is 4.10. The Kier molecular flexibility index (Phi) is 5.16. The third-order valence-electron chi connectivity index (χ3n) is 4.57. The number of rotatable bonds is 4. The van der Waals surface area contributed by atoms with Gasteiger partial charge in [0.05, 0.1) is 12.8 Å². The Morgan fingerprint density at radius 1 is 1.28 bits per heavy atom. The minimum Gasteiger partial charge on any atom is -0.495 e. The molecule has 1 amide bonds. The number of anilines is 1. The van der Waals surface area contributed by atoms with Crippen molar-refractivity contribution in [1.82, 2.24) is 5.32 Å². The lowest BCUT2D eigenvalue weighted by Gasteiger charge is -2.13. The molecule has 1 atom stereocenters. The molecule has 0 aliphatic carbocycles. The van der Waals surface area contributed by atoms with Gasteiger partial charge in [-0.2, -0.15) is 0 Å². The monoisotopic (exact) mass is 360 g/mol. The normalized spacial score (nSPS) is 16.8. The van der Waals surface area contributed by atoms with Crippen molar-refractivity contribution in [2.75, 3.05) is 19.0 Å². The Labute approximate surface area is 152 Å². The van der Waals surface area contributed by atoms with Crippen molar-refractivity contribution in [2.24, 2.45) is 0 Å². The van der Waals surface area contributed by atoms with E-state index in [2.05, 4.69) is 10.6 Å². The van der Waals surface area contributed by atoms with Gasteiger partial charge in [0.1, 0.15) is 16.9 Å². The highest BCUT2D eigenvalue weighted by molar-refractivity contribution is 6.07. The number of fused-ring (bicyclic) bond motifs is 3. The van der Waals surface area contributed by atoms with E-state index in [1.807, 2.05) is 36.4 Å². The zero-order valence-electron chi connectivity index (χ0n) is 14.0. The second kappa shape index (κ2) is 7.33. The Hall–Kier alpha value is -2.24. The van der Waals surface area contributed by atoms with Crippen LogP contribution < -0.4 is 15.4 Å². The van der Waals surface area contributed by atoms with Gasteiger partial charge in [0.15, 0.2) is 0 Å². The maximum absolute atomic E-state index is 12.3. The Morgan fingerprint density at radius 3 is 2.88 bits per heavy atom. The molecular formula is C19H21ClN2O3. The van der Waals surface area contributed by atoms with Gasteiger partial charge in [-0.3, -0.25) is 4.79 Å². The van der Waals surface area contributed by atoms with E-state index in [1.54, 1.807) is 7.11 Å². The minimum atomic E-state index is -0.0110. The van der Waals surface area contributed by atoms with Gasteiger partial charge in [0, 0.05) is 29.3 Å². The number of amides is 1. The fraction of sp³-hybridized carbons (Fsp3) is 0.316. The molecular weight excluding hydrogens is 340 g/mol. The number of hydrogen-bond donors (Lipinski definition) is 2. The van der Waals surface area contributed by atoms with Gasteiger partial charge in [-0.05, 0) is 31.5 Å². The quantitative estimate of drug-likeness (QED) is 0.735. The van der Waals surface area contributed by atoms with Crippen LogP contribution in [-0.2, 0) is 4.79 Å². The zero-order valence-corrected chi connectivity index (χ0v) is 14.8. The first-order valence-electron chi connectivity index (χ1n) is 8.27. The summed E-state index contributed by atoms with van der Waals surface area (Å²) in [5.74, 6) is 0.630. The molecule has 0 bridgehead atoms. The van der Waals surface area contributed by atoms with Crippen LogP contribution in [0.5, 0.6) is 5.75 Å². The van der Waals surface area contributed by atoms with E-state index < -0.39 is 0 Å². The second-order valence-corrected chi connectivity index (χ2v) is 6.19. The van der Waals surface area contributed by atoms with Gasteiger partial charge in [-0.25, -0.2) is 0 Å². The van der Waals surface area contributed by atoms with Gasteiger partial charge in [0.25, 0.3) is 0 Å². The van der Waals surface area contributed by atoms with Crippen LogP contribution >= 0.6 is 12.4 Å². The largest absolute Gasteiger partial charge is 0.495 e. The maximum Gasteiger partial charge on any atom is 0.226 e. The molecule has 2 heterocycles. The fourth-order valence-electron chi connectivity index (χ4n) is 3.37.